The van der Waals surface area contributed by atoms with Crippen LogP contribution in [0.15, 0.2) is 77.3 Å². The molecule has 0 bridgehead atoms. The number of hydrogen-bond donors (Lipinski definition) is 0. The minimum Gasteiger partial charge on any atom is -0.364 e. The number of pyridine rings is 1. The molecule has 0 aliphatic carbocycles. The maximum atomic E-state index is 5.45. The number of benzene rings is 1. The van der Waals surface area contributed by atoms with Gasteiger partial charge in [-0.15, -0.1) is 0 Å². The topological polar surface area (TPSA) is 69.0 Å². The van der Waals surface area contributed by atoms with Crippen LogP contribution >= 0.6 is 11.8 Å². The molecule has 3 aromatic heterocycles. The zero-order valence-corrected chi connectivity index (χ0v) is 17.3. The molecule has 0 atom stereocenters. The van der Waals surface area contributed by atoms with Crippen molar-refractivity contribution in [3.63, 3.8) is 0 Å². The summed E-state index contributed by atoms with van der Waals surface area (Å²) in [6.45, 7) is 1.15. The Labute approximate surface area is 178 Å². The molecule has 5 rings (SSSR count). The third kappa shape index (κ3) is 3.67. The molecule has 0 saturated carbocycles. The number of anilines is 2. The molecule has 0 fully saturated rings. The van der Waals surface area contributed by atoms with Gasteiger partial charge in [0.05, 0.1) is 5.69 Å². The lowest BCUT2D eigenvalue weighted by molar-refractivity contribution is 0.204. The molecule has 1 aromatic carbocycles. The Balaban J connectivity index is 1.43. The molecule has 1 aliphatic heterocycles. The maximum absolute atomic E-state index is 5.45. The monoisotopic (exact) mass is 416 g/mol. The van der Waals surface area contributed by atoms with Crippen molar-refractivity contribution in [1.29, 1.82) is 0 Å². The van der Waals surface area contributed by atoms with Crippen LogP contribution in [0.4, 0.5) is 11.5 Å². The van der Waals surface area contributed by atoms with Gasteiger partial charge in [-0.1, -0.05) is 23.9 Å². The lowest BCUT2D eigenvalue weighted by atomic mass is 10.1. The van der Waals surface area contributed by atoms with Crippen molar-refractivity contribution in [1.82, 2.24) is 24.5 Å². The Morgan fingerprint density at radius 2 is 1.90 bits per heavy atom. The van der Waals surface area contributed by atoms with Crippen LogP contribution < -0.4 is 4.90 Å². The van der Waals surface area contributed by atoms with Gasteiger partial charge in [-0.25, -0.2) is 15.0 Å². The number of fused-ring (bicyclic) bond motifs is 2. The molecule has 0 radical (unpaired) electrons. The van der Waals surface area contributed by atoms with E-state index in [-0.39, 0.29) is 0 Å². The van der Waals surface area contributed by atoms with E-state index in [1.165, 1.54) is 5.56 Å². The summed E-state index contributed by atoms with van der Waals surface area (Å²) < 4.78 is 7.62. The van der Waals surface area contributed by atoms with E-state index in [0.717, 1.165) is 39.5 Å². The van der Waals surface area contributed by atoms with Gasteiger partial charge in [0.15, 0.2) is 5.82 Å². The summed E-state index contributed by atoms with van der Waals surface area (Å²) in [6, 6.07) is 12.4. The highest BCUT2D eigenvalue weighted by Crippen LogP contribution is 2.46. The van der Waals surface area contributed by atoms with Crippen molar-refractivity contribution >= 4 is 23.3 Å². The van der Waals surface area contributed by atoms with Gasteiger partial charge in [-0.3, -0.25) is 9.88 Å². The number of ether oxygens (including phenoxy) is 1. The SMILES string of the molecule is COCN1c2cc(Cn3ccnc3Cc3ccccn3)ccc2Sc2nccnc21. The highest BCUT2D eigenvalue weighted by Gasteiger charge is 2.25. The number of rotatable bonds is 6. The molecule has 0 saturated heterocycles. The first-order valence-corrected chi connectivity index (χ1v) is 10.4. The van der Waals surface area contributed by atoms with Gasteiger partial charge >= 0.3 is 0 Å². The molecule has 0 N–H and O–H groups in total. The fourth-order valence-electron chi connectivity index (χ4n) is 3.52. The number of aromatic nitrogens is 5. The second-order valence-electron chi connectivity index (χ2n) is 6.90. The molecule has 8 heteroatoms. The summed E-state index contributed by atoms with van der Waals surface area (Å²) in [6.07, 6.45) is 9.81. The van der Waals surface area contributed by atoms with Crippen molar-refractivity contribution in [3.05, 3.63) is 84.5 Å². The lowest BCUT2D eigenvalue weighted by Gasteiger charge is -2.30. The molecule has 4 heterocycles. The molecular weight excluding hydrogens is 396 g/mol. The summed E-state index contributed by atoms with van der Waals surface area (Å²) >= 11 is 1.64. The van der Waals surface area contributed by atoms with Gasteiger partial charge in [0.2, 0.25) is 0 Å². The molecule has 7 nitrogen and oxygen atoms in total. The van der Waals surface area contributed by atoms with Crippen molar-refractivity contribution < 1.29 is 4.74 Å². The lowest BCUT2D eigenvalue weighted by Crippen LogP contribution is -2.24. The van der Waals surface area contributed by atoms with E-state index in [2.05, 4.69) is 47.6 Å². The number of nitrogens with zero attached hydrogens (tertiary/aromatic N) is 6. The molecular formula is C22H20N6OS. The maximum Gasteiger partial charge on any atom is 0.168 e. The van der Waals surface area contributed by atoms with Crippen LogP contribution in [0, 0.1) is 0 Å². The smallest absolute Gasteiger partial charge is 0.168 e. The minimum absolute atomic E-state index is 0.415. The van der Waals surface area contributed by atoms with E-state index in [1.807, 2.05) is 36.8 Å². The predicted octanol–water partition coefficient (Wildman–Crippen LogP) is 3.91. The van der Waals surface area contributed by atoms with Crippen molar-refractivity contribution in [3.8, 4) is 0 Å². The zero-order valence-electron chi connectivity index (χ0n) is 16.5. The first-order valence-electron chi connectivity index (χ1n) is 9.60. The molecule has 0 amide bonds. The third-order valence-corrected chi connectivity index (χ3v) is 5.95. The van der Waals surface area contributed by atoms with Gasteiger partial charge < -0.3 is 9.30 Å². The quantitative estimate of drug-likeness (QED) is 0.472. The van der Waals surface area contributed by atoms with E-state index in [1.54, 1.807) is 31.3 Å². The number of hydrogen-bond acceptors (Lipinski definition) is 7. The predicted molar refractivity (Wildman–Crippen MR) is 115 cm³/mol. The largest absolute Gasteiger partial charge is 0.364 e. The highest BCUT2D eigenvalue weighted by atomic mass is 32.2. The first-order chi connectivity index (χ1) is 14.8. The van der Waals surface area contributed by atoms with E-state index in [0.29, 0.717) is 13.2 Å². The van der Waals surface area contributed by atoms with Gasteiger partial charge in [-0.05, 0) is 29.8 Å². The zero-order chi connectivity index (χ0) is 20.3. The molecule has 30 heavy (non-hydrogen) atoms. The van der Waals surface area contributed by atoms with Crippen LogP contribution in [0.1, 0.15) is 17.1 Å². The second kappa shape index (κ2) is 8.25. The van der Waals surface area contributed by atoms with Crippen LogP contribution in [0.25, 0.3) is 0 Å². The Morgan fingerprint density at radius 1 is 0.967 bits per heavy atom. The molecule has 1 aliphatic rings. The van der Waals surface area contributed by atoms with Gasteiger partial charge in [-0.2, -0.15) is 0 Å². The normalized spacial score (nSPS) is 12.5. The van der Waals surface area contributed by atoms with Crippen LogP contribution in [-0.2, 0) is 17.7 Å². The molecule has 4 aromatic rings. The van der Waals surface area contributed by atoms with Gasteiger partial charge in [0, 0.05) is 61.6 Å². The molecule has 0 unspecified atom stereocenters. The average molecular weight is 417 g/mol. The summed E-state index contributed by atoms with van der Waals surface area (Å²) in [5.41, 5.74) is 3.27. The summed E-state index contributed by atoms with van der Waals surface area (Å²) in [7, 11) is 1.69. The van der Waals surface area contributed by atoms with E-state index < -0.39 is 0 Å². The Morgan fingerprint density at radius 3 is 2.77 bits per heavy atom. The summed E-state index contributed by atoms with van der Waals surface area (Å²) in [5, 5.41) is 0.891. The van der Waals surface area contributed by atoms with Crippen LogP contribution in [0.3, 0.4) is 0 Å². The van der Waals surface area contributed by atoms with Crippen molar-refractivity contribution in [2.45, 2.75) is 22.9 Å². The first kappa shape index (κ1) is 18.8. The van der Waals surface area contributed by atoms with Gasteiger partial charge in [0.25, 0.3) is 0 Å². The number of methoxy groups -OCH3 is 1. The molecule has 150 valence electrons. The van der Waals surface area contributed by atoms with E-state index in [4.69, 9.17) is 4.74 Å². The Hall–Kier alpha value is -3.23. The number of imidazole rings is 1. The second-order valence-corrected chi connectivity index (χ2v) is 7.93. The van der Waals surface area contributed by atoms with E-state index >= 15 is 0 Å². The van der Waals surface area contributed by atoms with Gasteiger partial charge in [0.1, 0.15) is 17.6 Å². The van der Waals surface area contributed by atoms with Crippen LogP contribution in [0.2, 0.25) is 0 Å². The van der Waals surface area contributed by atoms with Crippen molar-refractivity contribution in [2.24, 2.45) is 0 Å². The Bertz CT molecular complexity index is 1160. The molecule has 0 spiro atoms. The fraction of sp³-hybridized carbons (Fsp3) is 0.182. The fourth-order valence-corrected chi connectivity index (χ4v) is 4.51. The van der Waals surface area contributed by atoms with E-state index in [9.17, 15) is 0 Å². The van der Waals surface area contributed by atoms with Crippen molar-refractivity contribution in [2.75, 3.05) is 18.7 Å². The highest BCUT2D eigenvalue weighted by molar-refractivity contribution is 7.99. The average Bonchev–Trinajstić information content (AvgIpc) is 3.21. The standard InChI is InChI=1S/C22H20N6OS/c1-29-15-28-18-12-16(5-6-19(18)30-22-21(28)25-8-9-26-22)14-27-11-10-24-20(27)13-17-4-2-3-7-23-17/h2-12H,13-15H2,1H3. The van der Waals surface area contributed by atoms with Crippen LogP contribution in [-0.4, -0.2) is 38.3 Å². The Kier molecular flexibility index (Phi) is 5.17. The summed E-state index contributed by atoms with van der Waals surface area (Å²) in [4.78, 5) is 21.2. The minimum atomic E-state index is 0.415. The summed E-state index contributed by atoms with van der Waals surface area (Å²) in [5.74, 6) is 1.82. The van der Waals surface area contributed by atoms with Crippen LogP contribution in [0.5, 0.6) is 0 Å². The third-order valence-electron chi connectivity index (χ3n) is 4.90.